The van der Waals surface area contributed by atoms with Gasteiger partial charge >= 0.3 is 6.18 Å². The average Bonchev–Trinajstić information content (AvgIpc) is 2.61. The van der Waals surface area contributed by atoms with Gasteiger partial charge < -0.3 is 10.2 Å². The Bertz CT molecular complexity index is 1060. The molecule has 156 valence electrons. The molecular weight excluding hydrogens is 433 g/mol. The third kappa shape index (κ3) is 5.70. The van der Waals surface area contributed by atoms with E-state index >= 15 is 0 Å². The summed E-state index contributed by atoms with van der Waals surface area (Å²) in [6, 6.07) is 8.38. The van der Waals surface area contributed by atoms with Crippen LogP contribution in [0.3, 0.4) is 0 Å². The minimum Gasteiger partial charge on any atom is -0.332 e. The van der Waals surface area contributed by atoms with Gasteiger partial charge in [-0.2, -0.15) is 13.2 Å². The summed E-state index contributed by atoms with van der Waals surface area (Å²) in [6.45, 7) is -0.513. The van der Waals surface area contributed by atoms with Crippen LogP contribution in [0.15, 0.2) is 47.4 Å². The van der Waals surface area contributed by atoms with Crippen LogP contribution in [0.5, 0.6) is 0 Å². The summed E-state index contributed by atoms with van der Waals surface area (Å²) in [5.74, 6) is -1.50. The lowest BCUT2D eigenvalue weighted by atomic mass is 10.2. The van der Waals surface area contributed by atoms with Gasteiger partial charge in [-0.1, -0.05) is 23.7 Å². The summed E-state index contributed by atoms with van der Waals surface area (Å²) in [5, 5.41) is 1.74. The van der Waals surface area contributed by atoms with Crippen LogP contribution in [-0.2, 0) is 20.8 Å². The molecule has 6 nitrogen and oxygen atoms in total. The number of carbonyl (C=O) groups is 2. The van der Waals surface area contributed by atoms with Gasteiger partial charge in [-0.15, -0.1) is 0 Å². The highest BCUT2D eigenvalue weighted by molar-refractivity contribution is 7.90. The van der Waals surface area contributed by atoms with Gasteiger partial charge in [0.15, 0.2) is 9.84 Å². The van der Waals surface area contributed by atoms with Gasteiger partial charge in [0.05, 0.1) is 27.6 Å². The van der Waals surface area contributed by atoms with E-state index in [4.69, 9.17) is 11.6 Å². The number of hydrogen-bond acceptors (Lipinski definition) is 4. The van der Waals surface area contributed by atoms with Gasteiger partial charge in [0.1, 0.15) is 0 Å². The minimum absolute atomic E-state index is 0.115. The highest BCUT2D eigenvalue weighted by Gasteiger charge is 2.33. The molecule has 2 amide bonds. The number of hydrogen-bond donors (Lipinski definition) is 1. The Kier molecular flexibility index (Phi) is 6.59. The Hall–Kier alpha value is -2.59. The first-order chi connectivity index (χ1) is 13.3. The predicted molar refractivity (Wildman–Crippen MR) is 102 cm³/mol. The smallest absolute Gasteiger partial charge is 0.332 e. The first kappa shape index (κ1) is 22.7. The summed E-state index contributed by atoms with van der Waals surface area (Å²) >= 11 is 5.53. The van der Waals surface area contributed by atoms with Gasteiger partial charge in [0.2, 0.25) is 5.91 Å². The number of nitrogens with zero attached hydrogens (tertiary/aromatic N) is 1. The van der Waals surface area contributed by atoms with Gasteiger partial charge in [0, 0.05) is 19.0 Å². The van der Waals surface area contributed by atoms with Crippen LogP contribution in [0.2, 0.25) is 5.02 Å². The van der Waals surface area contributed by atoms with E-state index in [1.165, 1.54) is 37.4 Å². The van der Waals surface area contributed by atoms with Crippen molar-refractivity contribution in [1.29, 1.82) is 0 Å². The van der Waals surface area contributed by atoms with Crippen molar-refractivity contribution in [3.63, 3.8) is 0 Å². The minimum atomic E-state index is -4.69. The molecule has 0 fully saturated rings. The second kappa shape index (κ2) is 8.42. The van der Waals surface area contributed by atoms with E-state index in [0.717, 1.165) is 17.2 Å². The van der Waals surface area contributed by atoms with E-state index in [-0.39, 0.29) is 16.1 Å². The van der Waals surface area contributed by atoms with Crippen molar-refractivity contribution in [3.8, 4) is 0 Å². The van der Waals surface area contributed by atoms with E-state index in [0.29, 0.717) is 6.07 Å². The molecule has 0 saturated carbocycles. The number of rotatable bonds is 5. The number of sulfone groups is 1. The molecule has 0 heterocycles. The molecule has 0 aliphatic carbocycles. The zero-order valence-corrected chi connectivity index (χ0v) is 16.8. The molecule has 0 radical (unpaired) electrons. The van der Waals surface area contributed by atoms with Crippen molar-refractivity contribution in [3.05, 3.63) is 58.6 Å². The molecule has 2 aromatic carbocycles. The first-order valence-corrected chi connectivity index (χ1v) is 10.3. The maximum absolute atomic E-state index is 12.9. The lowest BCUT2D eigenvalue weighted by Crippen LogP contribution is -2.35. The van der Waals surface area contributed by atoms with Crippen LogP contribution >= 0.6 is 11.6 Å². The molecule has 0 unspecified atom stereocenters. The maximum atomic E-state index is 12.9. The molecule has 11 heteroatoms. The van der Waals surface area contributed by atoms with Crippen LogP contribution in [-0.4, -0.2) is 45.0 Å². The zero-order chi connectivity index (χ0) is 22.0. The van der Waals surface area contributed by atoms with Crippen molar-refractivity contribution >= 4 is 38.9 Å². The Morgan fingerprint density at radius 3 is 2.34 bits per heavy atom. The lowest BCUT2D eigenvalue weighted by Gasteiger charge is -2.18. The van der Waals surface area contributed by atoms with Crippen LogP contribution in [0.1, 0.15) is 15.9 Å². The molecule has 29 heavy (non-hydrogen) atoms. The van der Waals surface area contributed by atoms with E-state index < -0.39 is 45.0 Å². The maximum Gasteiger partial charge on any atom is 0.417 e. The SMILES string of the molecule is CN(CC(=O)Nc1ccc(Cl)c(C(F)(F)F)c1)C(=O)c1ccccc1S(C)(=O)=O. The summed E-state index contributed by atoms with van der Waals surface area (Å²) < 4.78 is 62.4. The van der Waals surface area contributed by atoms with Crippen molar-refractivity contribution in [2.24, 2.45) is 0 Å². The molecule has 0 saturated heterocycles. The fraction of sp³-hybridized carbons (Fsp3) is 0.222. The number of alkyl halides is 3. The number of anilines is 1. The van der Waals surface area contributed by atoms with Crippen molar-refractivity contribution in [2.45, 2.75) is 11.1 Å². The fourth-order valence-electron chi connectivity index (χ4n) is 2.48. The average molecular weight is 449 g/mol. The fourth-order valence-corrected chi connectivity index (χ4v) is 3.59. The van der Waals surface area contributed by atoms with Crippen LogP contribution in [0, 0.1) is 0 Å². The molecular formula is C18H16ClF3N2O4S. The van der Waals surface area contributed by atoms with Gasteiger partial charge in [-0.25, -0.2) is 8.42 Å². The first-order valence-electron chi connectivity index (χ1n) is 8.02. The van der Waals surface area contributed by atoms with Crippen molar-refractivity contribution in [2.75, 3.05) is 25.2 Å². The summed E-state index contributed by atoms with van der Waals surface area (Å²) in [6.07, 6.45) is -3.75. The van der Waals surface area contributed by atoms with Gasteiger partial charge in [0.25, 0.3) is 5.91 Å². The van der Waals surface area contributed by atoms with Gasteiger partial charge in [-0.05, 0) is 30.3 Å². The normalized spacial score (nSPS) is 11.8. The molecule has 0 aromatic heterocycles. The number of amides is 2. The third-order valence-electron chi connectivity index (χ3n) is 3.80. The molecule has 0 atom stereocenters. The molecule has 1 N–H and O–H groups in total. The van der Waals surface area contributed by atoms with E-state index in [1.54, 1.807) is 0 Å². The highest BCUT2D eigenvalue weighted by atomic mass is 35.5. The Balaban J connectivity index is 2.16. The lowest BCUT2D eigenvalue weighted by molar-refractivity contribution is -0.137. The van der Waals surface area contributed by atoms with E-state index in [2.05, 4.69) is 5.32 Å². The number of halogens is 4. The molecule has 2 rings (SSSR count). The largest absolute Gasteiger partial charge is 0.417 e. The zero-order valence-electron chi connectivity index (χ0n) is 15.2. The summed E-state index contributed by atoms with van der Waals surface area (Å²) in [7, 11) is -2.41. The Morgan fingerprint density at radius 2 is 1.76 bits per heavy atom. The van der Waals surface area contributed by atoms with Crippen LogP contribution in [0.25, 0.3) is 0 Å². The second-order valence-corrected chi connectivity index (χ2v) is 8.56. The number of carbonyl (C=O) groups excluding carboxylic acids is 2. The quantitative estimate of drug-likeness (QED) is 0.759. The molecule has 0 spiro atoms. The number of benzene rings is 2. The topological polar surface area (TPSA) is 83.6 Å². The van der Waals surface area contributed by atoms with Crippen molar-refractivity contribution < 1.29 is 31.2 Å². The summed E-state index contributed by atoms with van der Waals surface area (Å²) in [5.41, 5.74) is -1.37. The van der Waals surface area contributed by atoms with E-state index in [1.807, 2.05) is 0 Å². The highest BCUT2D eigenvalue weighted by Crippen LogP contribution is 2.36. The number of likely N-dealkylation sites (N-methyl/N-ethyl adjacent to an activating group) is 1. The van der Waals surface area contributed by atoms with Crippen LogP contribution < -0.4 is 5.32 Å². The Labute approximate surface area is 170 Å². The monoisotopic (exact) mass is 448 g/mol. The van der Waals surface area contributed by atoms with E-state index in [9.17, 15) is 31.2 Å². The Morgan fingerprint density at radius 1 is 1.14 bits per heavy atom. The molecule has 0 aliphatic heterocycles. The molecule has 0 aliphatic rings. The van der Waals surface area contributed by atoms with Gasteiger partial charge in [-0.3, -0.25) is 9.59 Å². The summed E-state index contributed by atoms with van der Waals surface area (Å²) in [4.78, 5) is 25.5. The van der Waals surface area contributed by atoms with Crippen molar-refractivity contribution in [1.82, 2.24) is 4.90 Å². The standard InChI is InChI=1S/C18H16ClF3N2O4S/c1-24(17(26)12-5-3-4-6-15(12)29(2,27)28)10-16(25)23-11-7-8-14(19)13(9-11)18(20,21)22/h3-9H,10H2,1-2H3,(H,23,25). The second-order valence-electron chi connectivity index (χ2n) is 6.17. The molecule has 0 bridgehead atoms. The predicted octanol–water partition coefficient (Wildman–Crippen LogP) is 3.47. The molecule has 2 aromatic rings. The third-order valence-corrected chi connectivity index (χ3v) is 5.28. The number of nitrogens with one attached hydrogen (secondary N) is 1. The van der Waals surface area contributed by atoms with Crippen LogP contribution in [0.4, 0.5) is 18.9 Å².